The molecular formula is C23H27N3O. The molecule has 140 valence electrons. The highest BCUT2D eigenvalue weighted by Crippen LogP contribution is 2.31. The van der Waals surface area contributed by atoms with Crippen LogP contribution in [0.25, 0.3) is 11.0 Å². The maximum Gasteiger partial charge on any atom is 0.223 e. The zero-order valence-corrected chi connectivity index (χ0v) is 16.2. The van der Waals surface area contributed by atoms with Gasteiger partial charge in [0.2, 0.25) is 5.91 Å². The van der Waals surface area contributed by atoms with E-state index in [0.717, 1.165) is 49.3 Å². The van der Waals surface area contributed by atoms with Crippen molar-refractivity contribution in [3.63, 3.8) is 0 Å². The number of benzene rings is 2. The predicted molar refractivity (Wildman–Crippen MR) is 109 cm³/mol. The number of aryl methyl sites for hydroxylation is 1. The van der Waals surface area contributed by atoms with Gasteiger partial charge in [-0.15, -0.1) is 0 Å². The van der Waals surface area contributed by atoms with E-state index in [1.165, 1.54) is 11.1 Å². The average molecular weight is 361 g/mol. The van der Waals surface area contributed by atoms with Crippen molar-refractivity contribution in [2.45, 2.75) is 45.6 Å². The molecule has 0 saturated carbocycles. The number of unbranched alkanes of at least 4 members (excludes halogenated alkanes) is 1. The van der Waals surface area contributed by atoms with Crippen LogP contribution in [0.15, 0.2) is 48.5 Å². The molecule has 4 heteroatoms. The number of hydrogen-bond donors (Lipinski definition) is 0. The molecule has 1 aromatic heterocycles. The summed E-state index contributed by atoms with van der Waals surface area (Å²) in [5.41, 5.74) is 4.75. The molecule has 3 aromatic rings. The molecule has 1 atom stereocenters. The number of amides is 1. The van der Waals surface area contributed by atoms with E-state index in [1.807, 2.05) is 11.0 Å². The largest absolute Gasteiger partial charge is 0.342 e. The lowest BCUT2D eigenvalue weighted by Crippen LogP contribution is -2.26. The fourth-order valence-corrected chi connectivity index (χ4v) is 4.04. The summed E-state index contributed by atoms with van der Waals surface area (Å²) < 4.78 is 2.32. The van der Waals surface area contributed by atoms with Crippen molar-refractivity contribution in [1.29, 1.82) is 0 Å². The van der Waals surface area contributed by atoms with Gasteiger partial charge < -0.3 is 9.47 Å². The number of carbonyl (C=O) groups excluding carboxylic acids is 1. The van der Waals surface area contributed by atoms with Crippen molar-refractivity contribution in [3.8, 4) is 0 Å². The summed E-state index contributed by atoms with van der Waals surface area (Å²) in [6.07, 6.45) is 2.75. The van der Waals surface area contributed by atoms with Gasteiger partial charge in [-0.25, -0.2) is 4.98 Å². The van der Waals surface area contributed by atoms with Crippen LogP contribution < -0.4 is 0 Å². The summed E-state index contributed by atoms with van der Waals surface area (Å²) in [4.78, 5) is 19.5. The van der Waals surface area contributed by atoms with E-state index in [0.29, 0.717) is 6.42 Å². The average Bonchev–Trinajstić information content (AvgIpc) is 3.22. The Morgan fingerprint density at radius 3 is 2.70 bits per heavy atom. The minimum atomic E-state index is 0.172. The molecule has 1 fully saturated rings. The molecule has 27 heavy (non-hydrogen) atoms. The van der Waals surface area contributed by atoms with E-state index in [1.54, 1.807) is 0 Å². The molecule has 1 amide bonds. The van der Waals surface area contributed by atoms with Gasteiger partial charge in [-0.3, -0.25) is 4.79 Å². The third kappa shape index (κ3) is 3.48. The molecule has 4 nitrogen and oxygen atoms in total. The van der Waals surface area contributed by atoms with Gasteiger partial charge in [0, 0.05) is 32.0 Å². The molecule has 1 saturated heterocycles. The number of hydrogen-bond acceptors (Lipinski definition) is 2. The lowest BCUT2D eigenvalue weighted by atomic mass is 10.1. The van der Waals surface area contributed by atoms with Gasteiger partial charge in [-0.2, -0.15) is 0 Å². The Hall–Kier alpha value is -2.62. The smallest absolute Gasteiger partial charge is 0.223 e. The van der Waals surface area contributed by atoms with Crippen molar-refractivity contribution in [1.82, 2.24) is 14.5 Å². The summed E-state index contributed by atoms with van der Waals surface area (Å²) in [7, 11) is 0. The van der Waals surface area contributed by atoms with Gasteiger partial charge in [0.05, 0.1) is 11.0 Å². The van der Waals surface area contributed by atoms with E-state index < -0.39 is 0 Å². The second-order valence-electron chi connectivity index (χ2n) is 7.57. The van der Waals surface area contributed by atoms with E-state index in [-0.39, 0.29) is 11.8 Å². The third-order valence-electron chi connectivity index (χ3n) is 5.64. The molecular weight excluding hydrogens is 334 g/mol. The van der Waals surface area contributed by atoms with Gasteiger partial charge in [-0.1, -0.05) is 49.7 Å². The number of fused-ring (bicyclic) bond motifs is 1. The highest BCUT2D eigenvalue weighted by molar-refractivity contribution is 5.81. The van der Waals surface area contributed by atoms with E-state index >= 15 is 0 Å². The quantitative estimate of drug-likeness (QED) is 0.648. The van der Waals surface area contributed by atoms with Crippen LogP contribution in [0.1, 0.15) is 49.1 Å². The normalized spacial score (nSPS) is 17.2. The number of rotatable bonds is 6. The van der Waals surface area contributed by atoms with Crippen LogP contribution in [0.4, 0.5) is 0 Å². The Morgan fingerprint density at radius 2 is 1.89 bits per heavy atom. The summed E-state index contributed by atoms with van der Waals surface area (Å²) >= 11 is 0. The van der Waals surface area contributed by atoms with Gasteiger partial charge in [-0.05, 0) is 36.6 Å². The summed E-state index contributed by atoms with van der Waals surface area (Å²) in [5, 5.41) is 0. The first-order valence-electron chi connectivity index (χ1n) is 9.94. The minimum Gasteiger partial charge on any atom is -0.342 e. The zero-order chi connectivity index (χ0) is 18.8. The Kier molecular flexibility index (Phi) is 4.97. The van der Waals surface area contributed by atoms with Crippen molar-refractivity contribution in [2.75, 3.05) is 13.1 Å². The standard InChI is InChI=1S/C23H27N3O/c1-3-4-13-25-15-19(14-22(25)27)23-24-20-11-7-8-12-21(20)26(23)16-18-10-6-5-9-17(18)2/h5-12,19H,3-4,13-16H2,1-2H3. The minimum absolute atomic E-state index is 0.172. The molecule has 0 radical (unpaired) electrons. The number of imidazole rings is 1. The molecule has 2 heterocycles. The topological polar surface area (TPSA) is 38.1 Å². The maximum absolute atomic E-state index is 12.5. The second-order valence-corrected chi connectivity index (χ2v) is 7.57. The zero-order valence-electron chi connectivity index (χ0n) is 16.2. The molecule has 1 unspecified atom stereocenters. The van der Waals surface area contributed by atoms with Crippen LogP contribution in [0, 0.1) is 6.92 Å². The van der Waals surface area contributed by atoms with Crippen molar-refractivity contribution >= 4 is 16.9 Å². The Bertz CT molecular complexity index is 959. The fraction of sp³-hybridized carbons (Fsp3) is 0.391. The fourth-order valence-electron chi connectivity index (χ4n) is 4.04. The van der Waals surface area contributed by atoms with E-state index in [4.69, 9.17) is 4.98 Å². The highest BCUT2D eigenvalue weighted by atomic mass is 16.2. The number of aromatic nitrogens is 2. The first-order chi connectivity index (χ1) is 13.2. The number of likely N-dealkylation sites (tertiary alicyclic amines) is 1. The molecule has 0 bridgehead atoms. The van der Waals surface area contributed by atoms with Crippen molar-refractivity contribution in [2.24, 2.45) is 0 Å². The lowest BCUT2D eigenvalue weighted by molar-refractivity contribution is -0.127. The Morgan fingerprint density at radius 1 is 1.11 bits per heavy atom. The van der Waals surface area contributed by atoms with Gasteiger partial charge in [0.25, 0.3) is 0 Å². The van der Waals surface area contributed by atoms with Gasteiger partial charge in [0.15, 0.2) is 0 Å². The van der Waals surface area contributed by atoms with E-state index in [2.05, 4.69) is 60.9 Å². The first kappa shape index (κ1) is 17.8. The molecule has 4 rings (SSSR count). The predicted octanol–water partition coefficient (Wildman–Crippen LogP) is 4.51. The Balaban J connectivity index is 1.71. The highest BCUT2D eigenvalue weighted by Gasteiger charge is 2.33. The number of para-hydroxylation sites is 2. The van der Waals surface area contributed by atoms with Crippen LogP contribution in [0.3, 0.4) is 0 Å². The molecule has 0 N–H and O–H groups in total. The van der Waals surface area contributed by atoms with E-state index in [9.17, 15) is 4.79 Å². The SMILES string of the molecule is CCCCN1CC(c2nc3ccccc3n2Cc2ccccc2C)CC1=O. The van der Waals surface area contributed by atoms with Crippen LogP contribution in [0.5, 0.6) is 0 Å². The van der Waals surface area contributed by atoms with Crippen molar-refractivity contribution in [3.05, 3.63) is 65.5 Å². The summed E-state index contributed by atoms with van der Waals surface area (Å²) in [5.74, 6) is 1.49. The molecule has 0 spiro atoms. The van der Waals surface area contributed by atoms with Crippen LogP contribution in [-0.2, 0) is 11.3 Å². The summed E-state index contributed by atoms with van der Waals surface area (Å²) in [6.45, 7) is 6.77. The Labute approximate surface area is 160 Å². The number of carbonyl (C=O) groups is 1. The summed E-state index contributed by atoms with van der Waals surface area (Å²) in [6, 6.07) is 16.8. The van der Waals surface area contributed by atoms with Gasteiger partial charge >= 0.3 is 0 Å². The second kappa shape index (κ2) is 7.55. The lowest BCUT2D eigenvalue weighted by Gasteiger charge is -2.17. The maximum atomic E-state index is 12.5. The van der Waals surface area contributed by atoms with Crippen LogP contribution in [0.2, 0.25) is 0 Å². The van der Waals surface area contributed by atoms with Gasteiger partial charge in [0.1, 0.15) is 5.82 Å². The molecule has 0 aliphatic carbocycles. The molecule has 2 aromatic carbocycles. The monoisotopic (exact) mass is 361 g/mol. The third-order valence-corrected chi connectivity index (χ3v) is 5.64. The van der Waals surface area contributed by atoms with Crippen molar-refractivity contribution < 1.29 is 4.79 Å². The van der Waals surface area contributed by atoms with Crippen LogP contribution in [-0.4, -0.2) is 33.4 Å². The first-order valence-corrected chi connectivity index (χ1v) is 9.94. The molecule has 1 aliphatic rings. The molecule has 1 aliphatic heterocycles. The number of nitrogens with zero attached hydrogens (tertiary/aromatic N) is 3. The van der Waals surface area contributed by atoms with Crippen LogP contribution >= 0.6 is 0 Å².